The van der Waals surface area contributed by atoms with Gasteiger partial charge in [-0.05, 0) is 26.0 Å². The fourth-order valence-electron chi connectivity index (χ4n) is 1.76. The van der Waals surface area contributed by atoms with Crippen LogP contribution in [-0.4, -0.2) is 25.2 Å². The third kappa shape index (κ3) is 4.49. The van der Waals surface area contributed by atoms with Crippen LogP contribution in [0.4, 0.5) is 4.39 Å². The van der Waals surface area contributed by atoms with E-state index in [1.54, 1.807) is 26.0 Å². The average Bonchev–Trinajstić information content (AvgIpc) is 2.44. The van der Waals surface area contributed by atoms with Crippen LogP contribution >= 0.6 is 0 Å². The predicted molar refractivity (Wildman–Crippen MR) is 75.1 cm³/mol. The highest BCUT2D eigenvalue weighted by Gasteiger charge is 2.22. The molecule has 0 spiro atoms. The van der Waals surface area contributed by atoms with Gasteiger partial charge in [0, 0.05) is 12.1 Å². The van der Waals surface area contributed by atoms with Crippen molar-refractivity contribution in [2.75, 3.05) is 13.2 Å². The fraction of sp³-hybridized carbons (Fsp3) is 0.533. The van der Waals surface area contributed by atoms with Gasteiger partial charge in [0.2, 0.25) is 0 Å². The molecule has 0 amide bonds. The number of hydrogen-bond donors (Lipinski definition) is 1. The third-order valence-corrected chi connectivity index (χ3v) is 2.79. The highest BCUT2D eigenvalue weighted by molar-refractivity contribution is 5.75. The molecule has 5 heteroatoms. The number of para-hydroxylation sites is 1. The molecule has 0 saturated carbocycles. The molecule has 0 bridgehead atoms. The zero-order valence-corrected chi connectivity index (χ0v) is 12.2. The van der Waals surface area contributed by atoms with E-state index < -0.39 is 17.9 Å². The second kappa shape index (κ2) is 8.53. The maximum atomic E-state index is 13.9. The number of ether oxygens (including phenoxy) is 2. The van der Waals surface area contributed by atoms with E-state index in [0.717, 1.165) is 6.54 Å². The molecule has 0 fully saturated rings. The van der Waals surface area contributed by atoms with Gasteiger partial charge in [-0.15, -0.1) is 0 Å². The Bertz CT molecular complexity index is 437. The summed E-state index contributed by atoms with van der Waals surface area (Å²) in [5, 5.41) is 3.11. The molecule has 0 aliphatic heterocycles. The number of carbonyl (C=O) groups excluding carboxylic acids is 1. The molecule has 1 aromatic rings. The molecule has 112 valence electrons. The van der Waals surface area contributed by atoms with Gasteiger partial charge in [0.25, 0.3) is 0 Å². The standard InChI is InChI=1S/C15H22FNO3/c1-4-13(15(18)19-6-3)20-14-11(10-17-5-2)8-7-9-12(14)16/h7-9,13,17H,4-6,10H2,1-3H3. The quantitative estimate of drug-likeness (QED) is 0.745. The highest BCUT2D eigenvalue weighted by Crippen LogP contribution is 2.24. The van der Waals surface area contributed by atoms with E-state index in [1.165, 1.54) is 6.07 Å². The van der Waals surface area contributed by atoms with Gasteiger partial charge in [-0.1, -0.05) is 26.0 Å². The van der Waals surface area contributed by atoms with Crippen LogP contribution < -0.4 is 10.1 Å². The van der Waals surface area contributed by atoms with Gasteiger partial charge in [0.15, 0.2) is 17.7 Å². The first kappa shape index (κ1) is 16.4. The first-order chi connectivity index (χ1) is 9.63. The van der Waals surface area contributed by atoms with E-state index in [9.17, 15) is 9.18 Å². The molecule has 20 heavy (non-hydrogen) atoms. The number of rotatable bonds is 8. The zero-order chi connectivity index (χ0) is 15.0. The van der Waals surface area contributed by atoms with Crippen LogP contribution in [0.25, 0.3) is 0 Å². The lowest BCUT2D eigenvalue weighted by Gasteiger charge is -2.19. The number of benzene rings is 1. The Morgan fingerprint density at radius 2 is 2.10 bits per heavy atom. The summed E-state index contributed by atoms with van der Waals surface area (Å²) in [6.07, 6.45) is -0.361. The predicted octanol–water partition coefficient (Wildman–Crippen LogP) is 2.66. The van der Waals surface area contributed by atoms with Crippen LogP contribution in [0.3, 0.4) is 0 Å². The molecule has 0 aliphatic carbocycles. The Hall–Kier alpha value is -1.62. The van der Waals surface area contributed by atoms with E-state index in [1.807, 2.05) is 6.92 Å². The zero-order valence-electron chi connectivity index (χ0n) is 12.2. The Morgan fingerprint density at radius 1 is 1.35 bits per heavy atom. The smallest absolute Gasteiger partial charge is 0.347 e. The molecule has 1 atom stereocenters. The van der Waals surface area contributed by atoms with Crippen molar-refractivity contribution in [1.82, 2.24) is 5.32 Å². The van der Waals surface area contributed by atoms with Gasteiger partial charge in [-0.25, -0.2) is 9.18 Å². The summed E-state index contributed by atoms with van der Waals surface area (Å²) in [5.74, 6) is -0.816. The number of esters is 1. The maximum absolute atomic E-state index is 13.9. The minimum Gasteiger partial charge on any atom is -0.475 e. The summed E-state index contributed by atoms with van der Waals surface area (Å²) in [7, 11) is 0. The first-order valence-corrected chi connectivity index (χ1v) is 6.95. The van der Waals surface area contributed by atoms with E-state index in [0.29, 0.717) is 18.5 Å². The molecule has 1 rings (SSSR count). The lowest BCUT2D eigenvalue weighted by atomic mass is 10.1. The van der Waals surface area contributed by atoms with E-state index in [2.05, 4.69) is 5.32 Å². The molecule has 0 aliphatic rings. The van der Waals surface area contributed by atoms with Crippen molar-refractivity contribution < 1.29 is 18.7 Å². The normalized spacial score (nSPS) is 12.0. The maximum Gasteiger partial charge on any atom is 0.347 e. The summed E-state index contributed by atoms with van der Waals surface area (Å²) >= 11 is 0. The van der Waals surface area contributed by atoms with Crippen LogP contribution in [0, 0.1) is 5.82 Å². The Labute approximate surface area is 119 Å². The monoisotopic (exact) mass is 283 g/mol. The summed E-state index contributed by atoms with van der Waals surface area (Å²) in [5.41, 5.74) is 0.689. The second-order valence-electron chi connectivity index (χ2n) is 4.28. The second-order valence-corrected chi connectivity index (χ2v) is 4.28. The van der Waals surface area contributed by atoms with Gasteiger partial charge >= 0.3 is 5.97 Å². The van der Waals surface area contributed by atoms with Crippen molar-refractivity contribution in [1.29, 1.82) is 0 Å². The van der Waals surface area contributed by atoms with Gasteiger partial charge in [-0.3, -0.25) is 0 Å². The van der Waals surface area contributed by atoms with E-state index in [-0.39, 0.29) is 12.4 Å². The number of carbonyl (C=O) groups is 1. The molecule has 0 aromatic heterocycles. The highest BCUT2D eigenvalue weighted by atomic mass is 19.1. The molecule has 0 saturated heterocycles. The number of hydrogen-bond acceptors (Lipinski definition) is 4. The summed E-state index contributed by atoms with van der Waals surface area (Å²) in [6, 6.07) is 4.72. The molecule has 1 N–H and O–H groups in total. The summed E-state index contributed by atoms with van der Waals surface area (Å²) in [4.78, 5) is 11.7. The van der Waals surface area contributed by atoms with E-state index >= 15 is 0 Å². The van der Waals surface area contributed by atoms with Crippen LogP contribution in [0.5, 0.6) is 5.75 Å². The van der Waals surface area contributed by atoms with Crippen molar-refractivity contribution in [2.45, 2.75) is 39.8 Å². The van der Waals surface area contributed by atoms with Gasteiger partial charge in [0.1, 0.15) is 0 Å². The van der Waals surface area contributed by atoms with Crippen molar-refractivity contribution in [3.05, 3.63) is 29.6 Å². The largest absolute Gasteiger partial charge is 0.475 e. The minimum absolute atomic E-state index is 0.119. The molecule has 1 unspecified atom stereocenters. The summed E-state index contributed by atoms with van der Waals surface area (Å²) in [6.45, 7) is 7.03. The minimum atomic E-state index is -0.785. The van der Waals surface area contributed by atoms with Crippen LogP contribution in [0.15, 0.2) is 18.2 Å². The number of halogens is 1. The lowest BCUT2D eigenvalue weighted by Crippen LogP contribution is -2.29. The van der Waals surface area contributed by atoms with Crippen molar-refractivity contribution in [3.63, 3.8) is 0 Å². The third-order valence-electron chi connectivity index (χ3n) is 2.79. The van der Waals surface area contributed by atoms with Crippen LogP contribution in [0.2, 0.25) is 0 Å². The molecular weight excluding hydrogens is 261 g/mol. The van der Waals surface area contributed by atoms with E-state index in [4.69, 9.17) is 9.47 Å². The van der Waals surface area contributed by atoms with Crippen LogP contribution in [0.1, 0.15) is 32.8 Å². The Morgan fingerprint density at radius 3 is 2.70 bits per heavy atom. The fourth-order valence-corrected chi connectivity index (χ4v) is 1.76. The Balaban J connectivity index is 2.90. The summed E-state index contributed by atoms with van der Waals surface area (Å²) < 4.78 is 24.4. The first-order valence-electron chi connectivity index (χ1n) is 6.95. The van der Waals surface area contributed by atoms with Crippen molar-refractivity contribution >= 4 is 5.97 Å². The molecule has 0 radical (unpaired) electrons. The van der Waals surface area contributed by atoms with Gasteiger partial charge in [0.05, 0.1) is 6.61 Å². The topological polar surface area (TPSA) is 47.6 Å². The SMILES string of the molecule is CCNCc1cccc(F)c1OC(CC)C(=O)OCC. The molecule has 1 aromatic carbocycles. The van der Waals surface area contributed by atoms with Crippen molar-refractivity contribution in [3.8, 4) is 5.75 Å². The van der Waals surface area contributed by atoms with Gasteiger partial charge in [-0.2, -0.15) is 0 Å². The Kier molecular flexibility index (Phi) is 7.01. The lowest BCUT2D eigenvalue weighted by molar-refractivity contribution is -0.151. The molecule has 4 nitrogen and oxygen atoms in total. The average molecular weight is 283 g/mol. The molecular formula is C15H22FNO3. The van der Waals surface area contributed by atoms with Crippen LogP contribution in [-0.2, 0) is 16.1 Å². The van der Waals surface area contributed by atoms with Crippen molar-refractivity contribution in [2.24, 2.45) is 0 Å². The van der Waals surface area contributed by atoms with Gasteiger partial charge < -0.3 is 14.8 Å². The molecule has 0 heterocycles. The number of nitrogens with one attached hydrogen (secondary N) is 1.